The molecule has 25 heavy (non-hydrogen) atoms. The fourth-order valence-electron chi connectivity index (χ4n) is 3.06. The van der Waals surface area contributed by atoms with Crippen molar-refractivity contribution < 1.29 is 22.4 Å². The van der Waals surface area contributed by atoms with Crippen LogP contribution in [0.5, 0.6) is 0 Å². The van der Waals surface area contributed by atoms with Crippen molar-refractivity contribution in [3.63, 3.8) is 0 Å². The van der Waals surface area contributed by atoms with Crippen LogP contribution in [0.1, 0.15) is 43.2 Å². The maximum atomic E-state index is 12.4. The van der Waals surface area contributed by atoms with E-state index in [4.69, 9.17) is 4.42 Å². The van der Waals surface area contributed by atoms with Gasteiger partial charge in [0.15, 0.2) is 12.0 Å². The number of furan rings is 1. The molecule has 1 amide bonds. The number of hydrogen-bond acceptors (Lipinski definition) is 5. The average molecular weight is 361 g/mol. The van der Waals surface area contributed by atoms with Gasteiger partial charge < -0.3 is 4.42 Å². The van der Waals surface area contributed by atoms with Gasteiger partial charge in [0.05, 0.1) is 4.90 Å². The number of carbonyl (C=O) groups is 2. The van der Waals surface area contributed by atoms with Gasteiger partial charge in [0, 0.05) is 11.0 Å². The second-order valence-electron chi connectivity index (χ2n) is 6.55. The fraction of sp³-hybridized carbons (Fsp3) is 0.333. The monoisotopic (exact) mass is 361 g/mol. The molecule has 1 fully saturated rings. The fourth-order valence-corrected chi connectivity index (χ4v) is 4.16. The maximum Gasteiger partial charge on any atom is 0.264 e. The standard InChI is InChI=1S/C18H19NO5S/c1-18(10-2-3-11-18)17(21)19-25(22,23)15-7-4-13(5-8-15)16-9-6-14(12-20)24-16/h4-9,12H,2-3,10-11H2,1H3,(H,19,21). The van der Waals surface area contributed by atoms with E-state index >= 15 is 0 Å². The summed E-state index contributed by atoms with van der Waals surface area (Å²) in [5.41, 5.74) is 0.0213. The lowest BCUT2D eigenvalue weighted by molar-refractivity contribution is -0.127. The lowest BCUT2D eigenvalue weighted by Crippen LogP contribution is -2.40. The molecule has 3 rings (SSSR count). The predicted octanol–water partition coefficient (Wildman–Crippen LogP) is 3.14. The van der Waals surface area contributed by atoms with Crippen LogP contribution in [0.25, 0.3) is 11.3 Å². The summed E-state index contributed by atoms with van der Waals surface area (Å²) in [5.74, 6) is 0.216. The zero-order valence-corrected chi connectivity index (χ0v) is 14.6. The van der Waals surface area contributed by atoms with Gasteiger partial charge in [-0.3, -0.25) is 9.59 Å². The molecule has 0 aliphatic heterocycles. The first-order valence-corrected chi connectivity index (χ1v) is 9.55. The van der Waals surface area contributed by atoms with E-state index in [1.165, 1.54) is 18.2 Å². The number of rotatable bonds is 5. The van der Waals surface area contributed by atoms with Crippen LogP contribution in [0, 0.1) is 5.41 Å². The minimum absolute atomic E-state index is 0.00774. The van der Waals surface area contributed by atoms with Crippen LogP contribution in [0.3, 0.4) is 0 Å². The summed E-state index contributed by atoms with van der Waals surface area (Å²) in [4.78, 5) is 23.0. The van der Waals surface area contributed by atoms with Crippen molar-refractivity contribution in [3.05, 3.63) is 42.2 Å². The Hall–Kier alpha value is -2.41. The third-order valence-corrected chi connectivity index (χ3v) is 6.02. The first kappa shape index (κ1) is 17.4. The van der Waals surface area contributed by atoms with Crippen molar-refractivity contribution in [3.8, 4) is 11.3 Å². The van der Waals surface area contributed by atoms with E-state index in [9.17, 15) is 18.0 Å². The lowest BCUT2D eigenvalue weighted by Gasteiger charge is -2.22. The summed E-state index contributed by atoms with van der Waals surface area (Å²) in [5, 5.41) is 0. The number of hydrogen-bond donors (Lipinski definition) is 1. The zero-order valence-electron chi connectivity index (χ0n) is 13.8. The lowest BCUT2D eigenvalue weighted by atomic mass is 9.88. The second-order valence-corrected chi connectivity index (χ2v) is 8.23. The van der Waals surface area contributed by atoms with Gasteiger partial charge in [-0.05, 0) is 49.2 Å². The van der Waals surface area contributed by atoms with Gasteiger partial charge in [-0.15, -0.1) is 0 Å². The maximum absolute atomic E-state index is 12.4. The van der Waals surface area contributed by atoms with Crippen LogP contribution in [0.2, 0.25) is 0 Å². The van der Waals surface area contributed by atoms with E-state index < -0.39 is 21.3 Å². The number of carbonyl (C=O) groups excluding carboxylic acids is 2. The van der Waals surface area contributed by atoms with E-state index in [2.05, 4.69) is 4.72 Å². The summed E-state index contributed by atoms with van der Waals surface area (Å²) in [6.45, 7) is 1.80. The molecule has 0 atom stereocenters. The molecule has 1 aromatic heterocycles. The zero-order chi connectivity index (χ0) is 18.1. The number of aldehydes is 1. The van der Waals surface area contributed by atoms with Crippen molar-refractivity contribution in [2.45, 2.75) is 37.5 Å². The minimum atomic E-state index is -3.92. The van der Waals surface area contributed by atoms with Crippen molar-refractivity contribution in [1.29, 1.82) is 0 Å². The SMILES string of the molecule is CC1(C(=O)NS(=O)(=O)c2ccc(-c3ccc(C=O)o3)cc2)CCCC1. The molecule has 1 aliphatic carbocycles. The van der Waals surface area contributed by atoms with Crippen molar-refractivity contribution in [2.75, 3.05) is 0 Å². The van der Waals surface area contributed by atoms with Crippen LogP contribution in [-0.4, -0.2) is 20.6 Å². The Morgan fingerprint density at radius 1 is 1.12 bits per heavy atom. The van der Waals surface area contributed by atoms with Crippen LogP contribution in [-0.2, 0) is 14.8 Å². The summed E-state index contributed by atoms with van der Waals surface area (Å²) in [6, 6.07) is 9.13. The molecule has 2 aromatic rings. The summed E-state index contributed by atoms with van der Waals surface area (Å²) >= 11 is 0. The highest BCUT2D eigenvalue weighted by Crippen LogP contribution is 2.38. The van der Waals surface area contributed by atoms with Gasteiger partial charge >= 0.3 is 0 Å². The molecule has 0 radical (unpaired) electrons. The molecule has 1 heterocycles. The highest BCUT2D eigenvalue weighted by molar-refractivity contribution is 7.90. The smallest absolute Gasteiger partial charge is 0.264 e. The normalized spacial score (nSPS) is 16.5. The Labute approximate surface area is 146 Å². The Balaban J connectivity index is 1.78. The molecule has 0 spiro atoms. The molecule has 1 saturated carbocycles. The number of amides is 1. The molecular formula is C18H19NO5S. The van der Waals surface area contributed by atoms with Crippen molar-refractivity contribution >= 4 is 22.2 Å². The van der Waals surface area contributed by atoms with Crippen LogP contribution in [0.4, 0.5) is 0 Å². The van der Waals surface area contributed by atoms with Gasteiger partial charge in [-0.1, -0.05) is 19.8 Å². The van der Waals surface area contributed by atoms with Gasteiger partial charge in [0.2, 0.25) is 5.91 Å². The van der Waals surface area contributed by atoms with Gasteiger partial charge in [0.1, 0.15) is 5.76 Å². The second kappa shape index (κ2) is 6.48. The first-order chi connectivity index (χ1) is 11.8. The highest BCUT2D eigenvalue weighted by atomic mass is 32.2. The summed E-state index contributed by atoms with van der Waals surface area (Å²) in [7, 11) is -3.92. The molecule has 6 nitrogen and oxygen atoms in total. The number of sulfonamides is 1. The Kier molecular flexibility index (Phi) is 4.51. The van der Waals surface area contributed by atoms with E-state index in [1.54, 1.807) is 25.1 Å². The Morgan fingerprint density at radius 3 is 2.32 bits per heavy atom. The Bertz CT molecular complexity index is 890. The summed E-state index contributed by atoms with van der Waals surface area (Å²) < 4.78 is 32.4. The first-order valence-electron chi connectivity index (χ1n) is 8.07. The van der Waals surface area contributed by atoms with Gasteiger partial charge in [-0.2, -0.15) is 0 Å². The topological polar surface area (TPSA) is 93.5 Å². The predicted molar refractivity (Wildman–Crippen MR) is 91.4 cm³/mol. The average Bonchev–Trinajstić information content (AvgIpc) is 3.24. The molecule has 0 saturated heterocycles. The van der Waals surface area contributed by atoms with Crippen LogP contribution >= 0.6 is 0 Å². The van der Waals surface area contributed by atoms with Crippen molar-refractivity contribution in [1.82, 2.24) is 4.72 Å². The van der Waals surface area contributed by atoms with E-state index in [0.717, 1.165) is 12.8 Å². The molecular weight excluding hydrogens is 342 g/mol. The highest BCUT2D eigenvalue weighted by Gasteiger charge is 2.38. The Morgan fingerprint density at radius 2 is 1.76 bits per heavy atom. The van der Waals surface area contributed by atoms with Gasteiger partial charge in [0.25, 0.3) is 10.0 Å². The van der Waals surface area contributed by atoms with E-state index in [1.807, 2.05) is 0 Å². The molecule has 7 heteroatoms. The molecule has 1 aliphatic rings. The van der Waals surface area contributed by atoms with Crippen LogP contribution < -0.4 is 4.72 Å². The van der Waals surface area contributed by atoms with Gasteiger partial charge in [-0.25, -0.2) is 13.1 Å². The quantitative estimate of drug-likeness (QED) is 0.826. The number of benzene rings is 1. The van der Waals surface area contributed by atoms with E-state index in [0.29, 0.717) is 30.5 Å². The summed E-state index contributed by atoms with van der Waals surface area (Å²) in [6.07, 6.45) is 3.87. The third kappa shape index (κ3) is 3.51. The van der Waals surface area contributed by atoms with Crippen molar-refractivity contribution in [2.24, 2.45) is 5.41 Å². The van der Waals surface area contributed by atoms with Crippen LogP contribution in [0.15, 0.2) is 45.7 Å². The molecule has 0 bridgehead atoms. The third-order valence-electron chi connectivity index (χ3n) is 4.67. The van der Waals surface area contributed by atoms with E-state index in [-0.39, 0.29) is 10.7 Å². The molecule has 1 aromatic carbocycles. The molecule has 1 N–H and O–H groups in total. The largest absolute Gasteiger partial charge is 0.453 e. The molecule has 0 unspecified atom stereocenters. The molecule has 132 valence electrons. The number of nitrogens with one attached hydrogen (secondary N) is 1. The minimum Gasteiger partial charge on any atom is -0.453 e.